The Hall–Kier alpha value is -2.67. The van der Waals surface area contributed by atoms with Crippen LogP contribution in [0.2, 0.25) is 0 Å². The zero-order valence-corrected chi connectivity index (χ0v) is 10.5. The van der Waals surface area contributed by atoms with Gasteiger partial charge in [0.2, 0.25) is 0 Å². The second-order valence-electron chi connectivity index (χ2n) is 4.38. The number of aryl methyl sites for hydroxylation is 1. The van der Waals surface area contributed by atoms with Gasteiger partial charge >= 0.3 is 0 Å². The number of aromatic nitrogens is 3. The summed E-state index contributed by atoms with van der Waals surface area (Å²) in [5, 5.41) is 10.5. The summed E-state index contributed by atoms with van der Waals surface area (Å²) in [7, 11) is 0. The summed E-state index contributed by atoms with van der Waals surface area (Å²) >= 11 is 0. The number of nitrogens with one attached hydrogen (secondary N) is 1. The molecular formula is C15H12N4. The second kappa shape index (κ2) is 4.54. The molecule has 0 radical (unpaired) electrons. The minimum atomic E-state index is -0.447. The van der Waals surface area contributed by atoms with Crippen LogP contribution in [0.4, 0.5) is 0 Å². The van der Waals surface area contributed by atoms with E-state index in [1.54, 1.807) is 18.5 Å². The van der Waals surface area contributed by atoms with Gasteiger partial charge in [-0.15, -0.1) is 0 Å². The molecule has 92 valence electrons. The van der Waals surface area contributed by atoms with Crippen molar-refractivity contribution in [3.05, 3.63) is 59.8 Å². The standard InChI is InChI=1S/C15H12N4/c1-10-14(11-5-2-3-6-13(11)19-10)12(9-16)15-17-7-4-8-18-15/h2-8,12,19H,1H3. The first-order valence-corrected chi connectivity index (χ1v) is 6.05. The topological polar surface area (TPSA) is 65.4 Å². The van der Waals surface area contributed by atoms with Gasteiger partial charge in [-0.05, 0) is 19.1 Å². The summed E-state index contributed by atoms with van der Waals surface area (Å²) in [6, 6.07) is 12.0. The molecule has 0 saturated carbocycles. The molecule has 0 aliphatic carbocycles. The largest absolute Gasteiger partial charge is 0.358 e. The van der Waals surface area contributed by atoms with Gasteiger partial charge in [0.15, 0.2) is 0 Å². The summed E-state index contributed by atoms with van der Waals surface area (Å²) < 4.78 is 0. The molecule has 1 unspecified atom stereocenters. The lowest BCUT2D eigenvalue weighted by molar-refractivity contribution is 0.887. The molecule has 0 aliphatic heterocycles. The summed E-state index contributed by atoms with van der Waals surface area (Å²) in [6.07, 6.45) is 3.33. The van der Waals surface area contributed by atoms with Crippen LogP contribution in [0, 0.1) is 18.3 Å². The van der Waals surface area contributed by atoms with Crippen molar-refractivity contribution in [2.45, 2.75) is 12.8 Å². The highest BCUT2D eigenvalue weighted by atomic mass is 14.9. The molecule has 0 aliphatic rings. The maximum atomic E-state index is 9.49. The molecule has 4 heteroatoms. The third kappa shape index (κ3) is 1.85. The SMILES string of the molecule is Cc1[nH]c2ccccc2c1C(C#N)c1ncccn1. The van der Waals surface area contributed by atoms with Crippen LogP contribution in [-0.4, -0.2) is 15.0 Å². The van der Waals surface area contributed by atoms with Gasteiger partial charge in [0, 0.05) is 34.6 Å². The molecule has 19 heavy (non-hydrogen) atoms. The lowest BCUT2D eigenvalue weighted by Gasteiger charge is -2.07. The molecule has 4 nitrogen and oxygen atoms in total. The number of nitrogens with zero attached hydrogens (tertiary/aromatic N) is 3. The summed E-state index contributed by atoms with van der Waals surface area (Å²) in [4.78, 5) is 11.7. The molecule has 0 fully saturated rings. The Bertz CT molecular complexity index is 753. The molecule has 1 N–H and O–H groups in total. The first-order chi connectivity index (χ1) is 9.31. The predicted octanol–water partition coefficient (Wildman–Crippen LogP) is 2.92. The highest BCUT2D eigenvalue weighted by molar-refractivity contribution is 5.86. The van der Waals surface area contributed by atoms with E-state index < -0.39 is 5.92 Å². The Balaban J connectivity index is 2.23. The Morgan fingerprint density at radius 2 is 1.89 bits per heavy atom. The minimum Gasteiger partial charge on any atom is -0.358 e. The molecule has 0 saturated heterocycles. The molecular weight excluding hydrogens is 236 g/mol. The van der Waals surface area contributed by atoms with Crippen molar-refractivity contribution in [2.24, 2.45) is 0 Å². The number of aromatic amines is 1. The third-order valence-electron chi connectivity index (χ3n) is 3.21. The lowest BCUT2D eigenvalue weighted by atomic mass is 9.96. The van der Waals surface area contributed by atoms with Gasteiger partial charge in [0.05, 0.1) is 6.07 Å². The Morgan fingerprint density at radius 3 is 2.63 bits per heavy atom. The van der Waals surface area contributed by atoms with Crippen LogP contribution in [0.3, 0.4) is 0 Å². The maximum absolute atomic E-state index is 9.49. The van der Waals surface area contributed by atoms with Gasteiger partial charge in [-0.25, -0.2) is 9.97 Å². The van der Waals surface area contributed by atoms with E-state index in [-0.39, 0.29) is 0 Å². The number of hydrogen-bond donors (Lipinski definition) is 1. The van der Waals surface area contributed by atoms with E-state index in [4.69, 9.17) is 0 Å². The van der Waals surface area contributed by atoms with Crippen molar-refractivity contribution < 1.29 is 0 Å². The van der Waals surface area contributed by atoms with Crippen molar-refractivity contribution in [3.8, 4) is 6.07 Å². The third-order valence-corrected chi connectivity index (χ3v) is 3.21. The van der Waals surface area contributed by atoms with Crippen molar-refractivity contribution >= 4 is 10.9 Å². The quantitative estimate of drug-likeness (QED) is 0.758. The first kappa shape index (κ1) is 11.4. The van der Waals surface area contributed by atoms with Crippen molar-refractivity contribution in [1.82, 2.24) is 15.0 Å². The zero-order valence-electron chi connectivity index (χ0n) is 10.5. The number of para-hydroxylation sites is 1. The van der Waals surface area contributed by atoms with E-state index in [1.165, 1.54) is 0 Å². The predicted molar refractivity (Wildman–Crippen MR) is 72.5 cm³/mol. The molecule has 1 aromatic carbocycles. The number of benzene rings is 1. The normalized spacial score (nSPS) is 12.2. The molecule has 3 rings (SSSR count). The van der Waals surface area contributed by atoms with E-state index in [9.17, 15) is 5.26 Å². The molecule has 3 aromatic rings. The average Bonchev–Trinajstić information content (AvgIpc) is 2.78. The monoisotopic (exact) mass is 248 g/mol. The Morgan fingerprint density at radius 1 is 1.16 bits per heavy atom. The highest BCUT2D eigenvalue weighted by Gasteiger charge is 2.22. The van der Waals surface area contributed by atoms with Gasteiger partial charge in [-0.3, -0.25) is 0 Å². The van der Waals surface area contributed by atoms with E-state index in [0.717, 1.165) is 22.2 Å². The van der Waals surface area contributed by atoms with Crippen LogP contribution < -0.4 is 0 Å². The van der Waals surface area contributed by atoms with Crippen LogP contribution in [0.25, 0.3) is 10.9 Å². The number of rotatable bonds is 2. The molecule has 2 heterocycles. The van der Waals surface area contributed by atoms with E-state index in [1.807, 2.05) is 31.2 Å². The summed E-state index contributed by atoms with van der Waals surface area (Å²) in [5.74, 6) is 0.0928. The number of nitriles is 1. The first-order valence-electron chi connectivity index (χ1n) is 6.05. The van der Waals surface area contributed by atoms with Gasteiger partial charge in [0.25, 0.3) is 0 Å². The van der Waals surface area contributed by atoms with Crippen molar-refractivity contribution in [3.63, 3.8) is 0 Å². The van der Waals surface area contributed by atoms with E-state index in [2.05, 4.69) is 21.0 Å². The van der Waals surface area contributed by atoms with Crippen LogP contribution >= 0.6 is 0 Å². The van der Waals surface area contributed by atoms with E-state index >= 15 is 0 Å². The molecule has 2 aromatic heterocycles. The summed E-state index contributed by atoms with van der Waals surface area (Å²) in [6.45, 7) is 1.97. The second-order valence-corrected chi connectivity index (χ2v) is 4.38. The van der Waals surface area contributed by atoms with Gasteiger partial charge in [-0.2, -0.15) is 5.26 Å². The van der Waals surface area contributed by atoms with Gasteiger partial charge in [-0.1, -0.05) is 18.2 Å². The van der Waals surface area contributed by atoms with Crippen LogP contribution in [0.15, 0.2) is 42.7 Å². The van der Waals surface area contributed by atoms with Crippen LogP contribution in [0.1, 0.15) is 23.0 Å². The lowest BCUT2D eigenvalue weighted by Crippen LogP contribution is -2.04. The average molecular weight is 248 g/mol. The molecule has 1 atom stereocenters. The number of hydrogen-bond acceptors (Lipinski definition) is 3. The zero-order chi connectivity index (χ0) is 13.2. The Kier molecular flexibility index (Phi) is 2.73. The fourth-order valence-electron chi connectivity index (χ4n) is 2.38. The van der Waals surface area contributed by atoms with Gasteiger partial charge < -0.3 is 4.98 Å². The Labute approximate surface area is 110 Å². The molecule has 0 amide bonds. The number of fused-ring (bicyclic) bond motifs is 1. The van der Waals surface area contributed by atoms with Crippen LogP contribution in [-0.2, 0) is 0 Å². The van der Waals surface area contributed by atoms with Gasteiger partial charge in [0.1, 0.15) is 11.7 Å². The maximum Gasteiger partial charge on any atom is 0.149 e. The smallest absolute Gasteiger partial charge is 0.149 e. The highest BCUT2D eigenvalue weighted by Crippen LogP contribution is 2.31. The van der Waals surface area contributed by atoms with E-state index in [0.29, 0.717) is 5.82 Å². The number of H-pyrrole nitrogens is 1. The fraction of sp³-hybridized carbons (Fsp3) is 0.133. The van der Waals surface area contributed by atoms with Crippen molar-refractivity contribution in [2.75, 3.05) is 0 Å². The summed E-state index contributed by atoms with van der Waals surface area (Å²) in [5.41, 5.74) is 2.98. The molecule has 0 spiro atoms. The minimum absolute atomic E-state index is 0.447. The fourth-order valence-corrected chi connectivity index (χ4v) is 2.38. The molecule has 0 bridgehead atoms. The van der Waals surface area contributed by atoms with Crippen LogP contribution in [0.5, 0.6) is 0 Å². The van der Waals surface area contributed by atoms with Crippen molar-refractivity contribution in [1.29, 1.82) is 5.26 Å².